The number of hydrogen-bond acceptors (Lipinski definition) is 4. The third kappa shape index (κ3) is 2.59. The van der Waals surface area contributed by atoms with Gasteiger partial charge in [-0.3, -0.25) is 4.79 Å². The molecule has 0 N–H and O–H groups in total. The van der Waals surface area contributed by atoms with Crippen molar-refractivity contribution in [2.24, 2.45) is 0 Å². The Labute approximate surface area is 94.3 Å². The molecule has 0 spiro atoms. The van der Waals surface area contributed by atoms with E-state index in [1.165, 1.54) is 0 Å². The average Bonchev–Trinajstić information content (AvgIpc) is 2.28. The highest BCUT2D eigenvalue weighted by Crippen LogP contribution is 2.19. The van der Waals surface area contributed by atoms with Gasteiger partial charge in [-0.1, -0.05) is 11.6 Å². The van der Waals surface area contributed by atoms with E-state index in [-0.39, 0.29) is 13.1 Å². The van der Waals surface area contributed by atoms with Crippen LogP contribution in [0.15, 0.2) is 18.2 Å². The van der Waals surface area contributed by atoms with Crippen molar-refractivity contribution in [2.75, 3.05) is 18.0 Å². The highest BCUT2D eigenvalue weighted by atomic mass is 16.1. The maximum absolute atomic E-state index is 10.9. The summed E-state index contributed by atoms with van der Waals surface area (Å²) in [7, 11) is 0. The summed E-state index contributed by atoms with van der Waals surface area (Å²) in [6.45, 7) is 2.07. The topological polar surface area (TPSA) is 67.9 Å². The number of nitrogens with zero attached hydrogens (tertiary/aromatic N) is 3. The summed E-state index contributed by atoms with van der Waals surface area (Å²) < 4.78 is 0. The predicted octanol–water partition coefficient (Wildman–Crippen LogP) is 1.66. The molecule has 1 rings (SSSR count). The van der Waals surface area contributed by atoms with Crippen LogP contribution in [0.1, 0.15) is 15.9 Å². The van der Waals surface area contributed by atoms with E-state index in [2.05, 4.69) is 0 Å². The monoisotopic (exact) mass is 213 g/mol. The molecule has 1 aromatic carbocycles. The lowest BCUT2D eigenvalue weighted by Gasteiger charge is -2.19. The second-order valence-corrected chi connectivity index (χ2v) is 3.35. The van der Waals surface area contributed by atoms with Crippen LogP contribution in [0.2, 0.25) is 0 Å². The van der Waals surface area contributed by atoms with Crippen molar-refractivity contribution in [2.45, 2.75) is 6.92 Å². The van der Waals surface area contributed by atoms with E-state index in [0.29, 0.717) is 11.3 Å². The summed E-state index contributed by atoms with van der Waals surface area (Å²) in [6.07, 6.45) is 0.740. The van der Waals surface area contributed by atoms with Crippen LogP contribution in [0, 0.1) is 29.6 Å². The molecule has 1 aromatic rings. The second kappa shape index (κ2) is 5.53. The van der Waals surface area contributed by atoms with Crippen LogP contribution in [0.4, 0.5) is 5.69 Å². The first kappa shape index (κ1) is 11.7. The number of aldehydes is 1. The van der Waals surface area contributed by atoms with E-state index in [1.807, 2.05) is 25.1 Å². The van der Waals surface area contributed by atoms with Gasteiger partial charge in [0.1, 0.15) is 13.1 Å². The fourth-order valence-electron chi connectivity index (χ4n) is 1.45. The van der Waals surface area contributed by atoms with Gasteiger partial charge >= 0.3 is 0 Å². The smallest absolute Gasteiger partial charge is 0.152 e. The Hall–Kier alpha value is -2.33. The Bertz CT molecular complexity index is 452. The number of aryl methyl sites for hydroxylation is 1. The van der Waals surface area contributed by atoms with Gasteiger partial charge in [-0.2, -0.15) is 10.5 Å². The lowest BCUT2D eigenvalue weighted by molar-refractivity contribution is 0.112. The lowest BCUT2D eigenvalue weighted by atomic mass is 10.1. The summed E-state index contributed by atoms with van der Waals surface area (Å²) in [5.74, 6) is 0. The van der Waals surface area contributed by atoms with Gasteiger partial charge in [0.15, 0.2) is 6.29 Å². The fraction of sp³-hybridized carbons (Fsp3) is 0.250. The molecule has 0 fully saturated rings. The van der Waals surface area contributed by atoms with Crippen LogP contribution in [-0.2, 0) is 0 Å². The molecule has 0 amide bonds. The standard InChI is InChI=1S/C12H11N3O/c1-10-2-3-12(11(8-10)9-16)15(6-4-13)7-5-14/h2-3,8-9H,6-7H2,1H3. The van der Waals surface area contributed by atoms with Gasteiger partial charge in [0.25, 0.3) is 0 Å². The molecule has 0 heterocycles. The van der Waals surface area contributed by atoms with Crippen LogP contribution < -0.4 is 4.90 Å². The normalized spacial score (nSPS) is 8.94. The van der Waals surface area contributed by atoms with Gasteiger partial charge < -0.3 is 4.90 Å². The highest BCUT2D eigenvalue weighted by Gasteiger charge is 2.10. The van der Waals surface area contributed by atoms with Crippen LogP contribution in [0.3, 0.4) is 0 Å². The molecule has 4 nitrogen and oxygen atoms in total. The lowest BCUT2D eigenvalue weighted by Crippen LogP contribution is -2.24. The zero-order valence-electron chi connectivity index (χ0n) is 8.97. The number of hydrogen-bond donors (Lipinski definition) is 0. The molecule has 0 unspecified atom stereocenters. The van der Waals surface area contributed by atoms with E-state index in [4.69, 9.17) is 10.5 Å². The summed E-state index contributed by atoms with van der Waals surface area (Å²) in [4.78, 5) is 12.5. The molecule has 0 aliphatic heterocycles. The predicted molar refractivity (Wildman–Crippen MR) is 60.0 cm³/mol. The van der Waals surface area contributed by atoms with Crippen molar-refractivity contribution in [3.63, 3.8) is 0 Å². The SMILES string of the molecule is Cc1ccc(N(CC#N)CC#N)c(C=O)c1. The maximum Gasteiger partial charge on any atom is 0.152 e. The number of anilines is 1. The highest BCUT2D eigenvalue weighted by molar-refractivity contribution is 5.85. The first-order valence-corrected chi connectivity index (χ1v) is 4.77. The first-order valence-electron chi connectivity index (χ1n) is 4.77. The van der Waals surface area contributed by atoms with Crippen LogP contribution in [0.25, 0.3) is 0 Å². The number of carbonyl (C=O) groups is 1. The van der Waals surface area contributed by atoms with Gasteiger partial charge in [0.05, 0.1) is 12.1 Å². The minimum absolute atomic E-state index is 0.0947. The minimum atomic E-state index is 0.0947. The molecular weight excluding hydrogens is 202 g/mol. The first-order chi connectivity index (χ1) is 7.72. The Morgan fingerprint density at radius 3 is 2.44 bits per heavy atom. The number of nitriles is 2. The van der Waals surface area contributed by atoms with Gasteiger partial charge in [0.2, 0.25) is 0 Å². The molecule has 0 bridgehead atoms. The fourth-order valence-corrected chi connectivity index (χ4v) is 1.45. The summed E-state index contributed by atoms with van der Waals surface area (Å²) in [5.41, 5.74) is 2.11. The van der Waals surface area contributed by atoms with E-state index >= 15 is 0 Å². The Balaban J connectivity index is 3.14. The molecule has 4 heteroatoms. The molecule has 0 atom stereocenters. The largest absolute Gasteiger partial charge is 0.344 e. The van der Waals surface area contributed by atoms with Crippen molar-refractivity contribution in [3.05, 3.63) is 29.3 Å². The van der Waals surface area contributed by atoms with Crippen molar-refractivity contribution < 1.29 is 4.79 Å². The molecule has 0 saturated carbocycles. The zero-order valence-corrected chi connectivity index (χ0v) is 8.97. The number of carbonyl (C=O) groups excluding carboxylic acids is 1. The van der Waals surface area contributed by atoms with Gasteiger partial charge in [-0.15, -0.1) is 0 Å². The van der Waals surface area contributed by atoms with Crippen molar-refractivity contribution in [1.82, 2.24) is 0 Å². The van der Waals surface area contributed by atoms with Crippen LogP contribution in [-0.4, -0.2) is 19.4 Å². The zero-order chi connectivity index (χ0) is 12.0. The van der Waals surface area contributed by atoms with Crippen molar-refractivity contribution in [3.8, 4) is 12.1 Å². The number of rotatable bonds is 4. The van der Waals surface area contributed by atoms with E-state index in [9.17, 15) is 4.79 Å². The van der Waals surface area contributed by atoms with E-state index in [1.54, 1.807) is 17.0 Å². The molecular formula is C12H11N3O. The quantitative estimate of drug-likeness (QED) is 0.563. The van der Waals surface area contributed by atoms with E-state index in [0.717, 1.165) is 11.8 Å². The Morgan fingerprint density at radius 2 is 1.94 bits per heavy atom. The van der Waals surface area contributed by atoms with Gasteiger partial charge in [-0.05, 0) is 19.1 Å². The Kier molecular flexibility index (Phi) is 4.06. The van der Waals surface area contributed by atoms with Crippen molar-refractivity contribution >= 4 is 12.0 Å². The average molecular weight is 213 g/mol. The van der Waals surface area contributed by atoms with Crippen LogP contribution >= 0.6 is 0 Å². The molecule has 80 valence electrons. The van der Waals surface area contributed by atoms with E-state index < -0.39 is 0 Å². The van der Waals surface area contributed by atoms with Crippen molar-refractivity contribution in [1.29, 1.82) is 10.5 Å². The summed E-state index contributed by atoms with van der Waals surface area (Å²) in [5, 5.41) is 17.3. The Morgan fingerprint density at radius 1 is 1.31 bits per heavy atom. The van der Waals surface area contributed by atoms with Crippen LogP contribution in [0.5, 0.6) is 0 Å². The van der Waals surface area contributed by atoms with Gasteiger partial charge in [-0.25, -0.2) is 0 Å². The molecule has 0 aromatic heterocycles. The summed E-state index contributed by atoms with van der Waals surface area (Å²) in [6, 6.07) is 9.30. The minimum Gasteiger partial charge on any atom is -0.344 e. The molecule has 0 aliphatic rings. The third-order valence-corrected chi connectivity index (χ3v) is 2.17. The molecule has 0 radical (unpaired) electrons. The molecule has 16 heavy (non-hydrogen) atoms. The van der Waals surface area contributed by atoms with Gasteiger partial charge in [0, 0.05) is 11.3 Å². The maximum atomic E-state index is 10.9. The second-order valence-electron chi connectivity index (χ2n) is 3.35. The molecule has 0 saturated heterocycles. The number of benzene rings is 1. The summed E-state index contributed by atoms with van der Waals surface area (Å²) >= 11 is 0. The molecule has 0 aliphatic carbocycles. The third-order valence-electron chi connectivity index (χ3n) is 2.17.